The third-order valence-electron chi connectivity index (χ3n) is 6.37. The molecule has 154 valence electrons. The van der Waals surface area contributed by atoms with Crippen molar-refractivity contribution < 1.29 is 0 Å². The number of pyridine rings is 1. The molecule has 0 saturated carbocycles. The number of aromatic nitrogens is 2. The Bertz CT molecular complexity index is 1250. The van der Waals surface area contributed by atoms with Crippen LogP contribution in [0.1, 0.15) is 18.5 Å². The van der Waals surface area contributed by atoms with Crippen molar-refractivity contribution in [2.45, 2.75) is 19.4 Å². The average molecular weight is 407 g/mol. The number of likely N-dealkylation sites (tertiary alicyclic amines) is 1. The minimum Gasteiger partial charge on any atom is -0.331 e. The maximum absolute atomic E-state index is 10.2. The predicted octanol–water partition coefficient (Wildman–Crippen LogP) is 5.58. The van der Waals surface area contributed by atoms with Crippen LogP contribution in [0, 0.1) is 17.2 Å². The Hall–Kier alpha value is -3.42. The molecule has 4 aromatic rings. The van der Waals surface area contributed by atoms with E-state index in [0.29, 0.717) is 5.92 Å². The smallest absolute Gasteiger partial charge is 0.129 e. The lowest BCUT2D eigenvalue weighted by molar-refractivity contribution is 0.195. The van der Waals surface area contributed by atoms with Crippen molar-refractivity contribution in [1.82, 2.24) is 14.5 Å². The molecule has 3 heterocycles. The van der Waals surface area contributed by atoms with Gasteiger partial charge in [-0.05, 0) is 50.0 Å². The maximum atomic E-state index is 10.2. The molecule has 4 heteroatoms. The SMILES string of the molecule is CN1CCCC(Cn2c(C#N)c(-c3cncc(-c4ccccc4)c3)c3ccccc32)C1. The monoisotopic (exact) mass is 406 g/mol. The average Bonchev–Trinajstić information content (AvgIpc) is 3.13. The fourth-order valence-electron chi connectivity index (χ4n) is 4.95. The zero-order valence-electron chi connectivity index (χ0n) is 17.8. The Balaban J connectivity index is 1.64. The van der Waals surface area contributed by atoms with Gasteiger partial charge in [0.2, 0.25) is 0 Å². The summed E-state index contributed by atoms with van der Waals surface area (Å²) in [6, 6.07) is 23.4. The lowest BCUT2D eigenvalue weighted by Gasteiger charge is -2.30. The van der Waals surface area contributed by atoms with Gasteiger partial charge in [-0.1, -0.05) is 48.5 Å². The predicted molar refractivity (Wildman–Crippen MR) is 126 cm³/mol. The van der Waals surface area contributed by atoms with Crippen molar-refractivity contribution in [1.29, 1.82) is 5.26 Å². The fraction of sp³-hybridized carbons (Fsp3) is 0.259. The Morgan fingerprint density at radius 2 is 1.77 bits per heavy atom. The molecular weight excluding hydrogens is 380 g/mol. The second kappa shape index (κ2) is 8.37. The molecule has 1 aliphatic rings. The molecule has 1 saturated heterocycles. The molecule has 1 fully saturated rings. The van der Waals surface area contributed by atoms with Gasteiger partial charge in [-0.2, -0.15) is 5.26 Å². The van der Waals surface area contributed by atoms with Crippen molar-refractivity contribution in [2.24, 2.45) is 5.92 Å². The number of hydrogen-bond donors (Lipinski definition) is 0. The Morgan fingerprint density at radius 1 is 1.00 bits per heavy atom. The van der Waals surface area contributed by atoms with Gasteiger partial charge in [0.25, 0.3) is 0 Å². The molecule has 0 N–H and O–H groups in total. The van der Waals surface area contributed by atoms with Gasteiger partial charge in [-0.15, -0.1) is 0 Å². The highest BCUT2D eigenvalue weighted by Gasteiger charge is 2.23. The zero-order valence-corrected chi connectivity index (χ0v) is 17.8. The number of rotatable bonds is 4. The highest BCUT2D eigenvalue weighted by atomic mass is 15.1. The molecule has 0 bridgehead atoms. The van der Waals surface area contributed by atoms with E-state index >= 15 is 0 Å². The Morgan fingerprint density at radius 3 is 2.58 bits per heavy atom. The van der Waals surface area contributed by atoms with Crippen molar-refractivity contribution in [3.63, 3.8) is 0 Å². The van der Waals surface area contributed by atoms with Crippen LogP contribution < -0.4 is 0 Å². The zero-order chi connectivity index (χ0) is 21.2. The summed E-state index contributed by atoms with van der Waals surface area (Å²) in [6.45, 7) is 3.12. The van der Waals surface area contributed by atoms with E-state index in [9.17, 15) is 5.26 Å². The lowest BCUT2D eigenvalue weighted by atomic mass is 9.98. The second-order valence-electron chi connectivity index (χ2n) is 8.56. The molecule has 0 radical (unpaired) electrons. The molecule has 1 atom stereocenters. The van der Waals surface area contributed by atoms with E-state index in [1.165, 1.54) is 12.8 Å². The van der Waals surface area contributed by atoms with Crippen molar-refractivity contribution in [2.75, 3.05) is 20.1 Å². The third-order valence-corrected chi connectivity index (χ3v) is 6.37. The molecule has 0 spiro atoms. The minimum absolute atomic E-state index is 0.559. The number of nitriles is 1. The second-order valence-corrected chi connectivity index (χ2v) is 8.56. The van der Waals surface area contributed by atoms with Crippen LogP contribution in [0.25, 0.3) is 33.2 Å². The molecule has 1 unspecified atom stereocenters. The molecule has 1 aliphatic heterocycles. The summed E-state index contributed by atoms with van der Waals surface area (Å²) in [4.78, 5) is 6.93. The van der Waals surface area contributed by atoms with Gasteiger partial charge >= 0.3 is 0 Å². The van der Waals surface area contributed by atoms with Gasteiger partial charge in [0.05, 0.1) is 0 Å². The van der Waals surface area contributed by atoms with Crippen LogP contribution in [0.5, 0.6) is 0 Å². The van der Waals surface area contributed by atoms with E-state index in [1.807, 2.05) is 30.6 Å². The van der Waals surface area contributed by atoms with Crippen LogP contribution in [0.4, 0.5) is 0 Å². The summed E-state index contributed by atoms with van der Waals surface area (Å²) in [6.07, 6.45) is 6.20. The van der Waals surface area contributed by atoms with Gasteiger partial charge in [0.1, 0.15) is 11.8 Å². The normalized spacial score (nSPS) is 17.0. The Kier molecular flexibility index (Phi) is 5.28. The summed E-state index contributed by atoms with van der Waals surface area (Å²) in [5.41, 5.74) is 6.05. The molecule has 0 aliphatic carbocycles. The fourth-order valence-corrected chi connectivity index (χ4v) is 4.95. The van der Waals surface area contributed by atoms with Crippen molar-refractivity contribution in [3.8, 4) is 28.3 Å². The molecule has 2 aromatic carbocycles. The van der Waals surface area contributed by atoms with E-state index in [2.05, 4.69) is 70.0 Å². The van der Waals surface area contributed by atoms with Crippen molar-refractivity contribution in [3.05, 3.63) is 78.8 Å². The van der Waals surface area contributed by atoms with Gasteiger partial charge in [-0.25, -0.2) is 0 Å². The van der Waals surface area contributed by atoms with E-state index < -0.39 is 0 Å². The van der Waals surface area contributed by atoms with E-state index in [4.69, 9.17) is 0 Å². The molecule has 2 aromatic heterocycles. The van der Waals surface area contributed by atoms with Crippen LogP contribution in [0.15, 0.2) is 73.1 Å². The highest BCUT2D eigenvalue weighted by molar-refractivity contribution is 5.99. The van der Waals surface area contributed by atoms with Gasteiger partial charge in [0.15, 0.2) is 0 Å². The van der Waals surface area contributed by atoms with Crippen LogP contribution in [0.2, 0.25) is 0 Å². The van der Waals surface area contributed by atoms with Crippen LogP contribution in [0.3, 0.4) is 0 Å². The van der Waals surface area contributed by atoms with E-state index in [0.717, 1.165) is 58.5 Å². The van der Waals surface area contributed by atoms with Gasteiger partial charge < -0.3 is 9.47 Å². The standard InChI is InChI=1S/C27H26N4/c1-30-13-7-8-20(18-30)19-31-25-12-6-5-11-24(25)27(26(31)15-28)23-14-22(16-29-17-23)21-9-3-2-4-10-21/h2-6,9-12,14,16-17,20H,7-8,13,18-19H2,1H3. The van der Waals surface area contributed by atoms with Crippen LogP contribution in [-0.4, -0.2) is 34.6 Å². The first-order chi connectivity index (χ1) is 15.2. The van der Waals surface area contributed by atoms with Crippen molar-refractivity contribution >= 4 is 10.9 Å². The first-order valence-electron chi connectivity index (χ1n) is 11.0. The van der Waals surface area contributed by atoms with E-state index in [-0.39, 0.29) is 0 Å². The topological polar surface area (TPSA) is 44.9 Å². The molecule has 0 amide bonds. The number of hydrogen-bond acceptors (Lipinski definition) is 3. The van der Waals surface area contributed by atoms with E-state index in [1.54, 1.807) is 0 Å². The molecule has 31 heavy (non-hydrogen) atoms. The lowest BCUT2D eigenvalue weighted by Crippen LogP contribution is -2.34. The summed E-state index contributed by atoms with van der Waals surface area (Å²) in [7, 11) is 2.19. The number of fused-ring (bicyclic) bond motifs is 1. The van der Waals surface area contributed by atoms with Gasteiger partial charge in [0, 0.05) is 53.1 Å². The molecule has 5 rings (SSSR count). The van der Waals surface area contributed by atoms with Crippen LogP contribution in [-0.2, 0) is 6.54 Å². The van der Waals surface area contributed by atoms with Crippen LogP contribution >= 0.6 is 0 Å². The number of para-hydroxylation sites is 1. The largest absolute Gasteiger partial charge is 0.331 e. The summed E-state index contributed by atoms with van der Waals surface area (Å²) < 4.78 is 2.24. The number of nitrogens with zero attached hydrogens (tertiary/aromatic N) is 4. The molecule has 4 nitrogen and oxygen atoms in total. The number of piperidine rings is 1. The first kappa shape index (κ1) is 19.5. The number of benzene rings is 2. The summed E-state index contributed by atoms with van der Waals surface area (Å²) in [5, 5.41) is 11.3. The highest BCUT2D eigenvalue weighted by Crippen LogP contribution is 2.37. The third kappa shape index (κ3) is 3.73. The maximum Gasteiger partial charge on any atom is 0.129 e. The quantitative estimate of drug-likeness (QED) is 0.444. The first-order valence-corrected chi connectivity index (χ1v) is 11.0. The minimum atomic E-state index is 0.559. The van der Waals surface area contributed by atoms with Gasteiger partial charge in [-0.3, -0.25) is 4.98 Å². The summed E-state index contributed by atoms with van der Waals surface area (Å²) >= 11 is 0. The summed E-state index contributed by atoms with van der Waals surface area (Å²) in [5.74, 6) is 0.559. The Labute approximate surface area is 183 Å². The molecular formula is C27H26N4.